The zero-order chi connectivity index (χ0) is 20.7. The molecule has 0 saturated heterocycles. The number of hydrogen-bond donors (Lipinski definition) is 2. The lowest BCUT2D eigenvalue weighted by atomic mass is 9.90. The highest BCUT2D eigenvalue weighted by Gasteiger charge is 2.36. The average Bonchev–Trinajstić information content (AvgIpc) is 2.68. The third-order valence-corrected chi connectivity index (χ3v) is 7.15. The number of nitrogens with one attached hydrogen (secondary N) is 1. The van der Waals surface area contributed by atoms with Crippen molar-refractivity contribution in [2.45, 2.75) is 50.5 Å². The lowest BCUT2D eigenvalue weighted by Crippen LogP contribution is -2.46. The van der Waals surface area contributed by atoms with Gasteiger partial charge >= 0.3 is 0 Å². The normalized spacial score (nSPS) is 24.6. The van der Waals surface area contributed by atoms with Gasteiger partial charge in [0.15, 0.2) is 0 Å². The number of nitro benzene ring substituents is 1. The maximum absolute atomic E-state index is 11.3. The van der Waals surface area contributed by atoms with Crippen LogP contribution in [0.25, 0.3) is 0 Å². The van der Waals surface area contributed by atoms with Crippen molar-refractivity contribution in [1.82, 2.24) is 4.90 Å². The van der Waals surface area contributed by atoms with E-state index < -0.39 is 4.92 Å². The minimum Gasteiger partial charge on any atom is -0.393 e. The molecule has 1 fully saturated rings. The molecule has 1 heterocycles. The highest BCUT2D eigenvalue weighted by atomic mass is 79.9. The highest BCUT2D eigenvalue weighted by Crippen LogP contribution is 2.44. The van der Waals surface area contributed by atoms with Gasteiger partial charge in [0.05, 0.1) is 16.7 Å². The van der Waals surface area contributed by atoms with Gasteiger partial charge in [0.1, 0.15) is 6.17 Å². The minimum absolute atomic E-state index is 0.0193. The molecule has 2 aromatic carbocycles. The van der Waals surface area contributed by atoms with Crippen LogP contribution >= 0.6 is 43.5 Å². The number of nitrogens with zero attached hydrogens (tertiary/aromatic N) is 2. The number of aliphatic hydroxyl groups excluding tert-OH is 1. The molecule has 0 unspecified atom stereocenters. The van der Waals surface area contributed by atoms with Gasteiger partial charge in [-0.3, -0.25) is 15.0 Å². The molecule has 1 saturated carbocycles. The number of aliphatic hydroxyl groups is 1. The fraction of sp³-hybridized carbons (Fsp3) is 0.400. The molecule has 0 aromatic heterocycles. The summed E-state index contributed by atoms with van der Waals surface area (Å²) in [6.07, 6.45) is 2.70. The Labute approximate surface area is 190 Å². The molecule has 0 spiro atoms. The van der Waals surface area contributed by atoms with E-state index in [0.29, 0.717) is 17.1 Å². The number of anilines is 1. The molecule has 6 nitrogen and oxygen atoms in total. The van der Waals surface area contributed by atoms with Crippen molar-refractivity contribution in [3.63, 3.8) is 0 Å². The van der Waals surface area contributed by atoms with Crippen LogP contribution in [0.3, 0.4) is 0 Å². The largest absolute Gasteiger partial charge is 0.393 e. The molecule has 2 aliphatic rings. The van der Waals surface area contributed by atoms with E-state index in [-0.39, 0.29) is 24.0 Å². The third kappa shape index (κ3) is 4.32. The molecular formula is C20H20Br2ClN3O3. The minimum atomic E-state index is -0.398. The SMILES string of the molecule is O=[N+]([O-])c1ccc(Cl)c([C@@H]2Nc3c(Br)cc(Br)cc3CN2C2CCC(O)CC2)c1. The molecule has 4 rings (SSSR count). The summed E-state index contributed by atoms with van der Waals surface area (Å²) in [5.41, 5.74) is 2.81. The Morgan fingerprint density at radius 1 is 1.17 bits per heavy atom. The van der Waals surface area contributed by atoms with Crippen LogP contribution in [0.15, 0.2) is 39.3 Å². The van der Waals surface area contributed by atoms with Crippen LogP contribution in [0.4, 0.5) is 11.4 Å². The van der Waals surface area contributed by atoms with Gasteiger partial charge in [-0.1, -0.05) is 27.5 Å². The Bertz CT molecular complexity index is 951. The lowest BCUT2D eigenvalue weighted by Gasteiger charge is -2.45. The first-order valence-corrected chi connectivity index (χ1v) is 11.4. The van der Waals surface area contributed by atoms with E-state index in [9.17, 15) is 15.2 Å². The van der Waals surface area contributed by atoms with Crippen molar-refractivity contribution in [2.24, 2.45) is 0 Å². The van der Waals surface area contributed by atoms with Gasteiger partial charge in [-0.15, -0.1) is 0 Å². The second kappa shape index (κ2) is 8.51. The van der Waals surface area contributed by atoms with Gasteiger partial charge in [-0.2, -0.15) is 0 Å². The smallest absolute Gasteiger partial charge is 0.269 e. The maximum Gasteiger partial charge on any atom is 0.269 e. The van der Waals surface area contributed by atoms with Crippen LogP contribution in [0, 0.1) is 10.1 Å². The fourth-order valence-electron chi connectivity index (χ4n) is 4.26. The first-order valence-electron chi connectivity index (χ1n) is 9.45. The number of halogens is 3. The first-order chi connectivity index (χ1) is 13.8. The van der Waals surface area contributed by atoms with Gasteiger partial charge in [0.25, 0.3) is 5.69 Å². The standard InChI is InChI=1S/C20H20Br2ClN3O3/c21-12-7-11-10-25(13-1-4-15(27)5-2-13)20(24-19(11)17(22)8-12)16-9-14(26(28)29)3-6-18(16)23/h3,6-9,13,15,20,24,27H,1-2,4-5,10H2/t13?,15?,20-/m1/s1. The van der Waals surface area contributed by atoms with Crippen LogP contribution in [0.5, 0.6) is 0 Å². The number of benzene rings is 2. The van der Waals surface area contributed by atoms with Crippen LogP contribution in [-0.4, -0.2) is 27.1 Å². The van der Waals surface area contributed by atoms with Crippen LogP contribution in [0.2, 0.25) is 5.02 Å². The summed E-state index contributed by atoms with van der Waals surface area (Å²) in [6, 6.07) is 8.88. The molecule has 0 radical (unpaired) electrons. The summed E-state index contributed by atoms with van der Waals surface area (Å²) in [6.45, 7) is 0.685. The summed E-state index contributed by atoms with van der Waals surface area (Å²) in [7, 11) is 0. The summed E-state index contributed by atoms with van der Waals surface area (Å²) in [5, 5.41) is 25.3. The monoisotopic (exact) mass is 543 g/mol. The number of non-ortho nitro benzene ring substituents is 1. The van der Waals surface area contributed by atoms with Crippen molar-refractivity contribution >= 4 is 54.8 Å². The zero-order valence-electron chi connectivity index (χ0n) is 15.4. The van der Waals surface area contributed by atoms with Gasteiger partial charge in [-0.25, -0.2) is 0 Å². The molecule has 0 bridgehead atoms. The average molecular weight is 546 g/mol. The third-order valence-electron chi connectivity index (χ3n) is 5.72. The van der Waals surface area contributed by atoms with E-state index in [1.165, 1.54) is 6.07 Å². The topological polar surface area (TPSA) is 78.6 Å². The molecule has 1 aliphatic carbocycles. The molecule has 9 heteroatoms. The number of nitro groups is 1. The molecule has 1 aliphatic heterocycles. The number of hydrogen-bond acceptors (Lipinski definition) is 5. The Balaban J connectivity index is 1.78. The Morgan fingerprint density at radius 2 is 1.90 bits per heavy atom. The van der Waals surface area contributed by atoms with Gasteiger partial charge in [0, 0.05) is 44.3 Å². The number of fused-ring (bicyclic) bond motifs is 1. The summed E-state index contributed by atoms with van der Waals surface area (Å²) in [5.74, 6) is 0. The summed E-state index contributed by atoms with van der Waals surface area (Å²) in [4.78, 5) is 13.3. The molecule has 0 amide bonds. The Morgan fingerprint density at radius 3 is 2.59 bits per heavy atom. The van der Waals surface area contributed by atoms with Gasteiger partial charge in [0.2, 0.25) is 0 Å². The van der Waals surface area contributed by atoms with Crippen molar-refractivity contribution in [1.29, 1.82) is 0 Å². The van der Waals surface area contributed by atoms with Gasteiger partial charge in [-0.05, 0) is 65.4 Å². The van der Waals surface area contributed by atoms with E-state index >= 15 is 0 Å². The highest BCUT2D eigenvalue weighted by molar-refractivity contribution is 9.11. The van der Waals surface area contributed by atoms with Crippen LogP contribution in [0.1, 0.15) is 43.0 Å². The summed E-state index contributed by atoms with van der Waals surface area (Å²) >= 11 is 13.7. The quantitative estimate of drug-likeness (QED) is 0.365. The predicted octanol–water partition coefficient (Wildman–Crippen LogP) is 6.00. The Hall–Kier alpha value is -1.19. The van der Waals surface area contributed by atoms with Crippen LogP contribution < -0.4 is 5.32 Å². The molecular weight excluding hydrogens is 525 g/mol. The van der Waals surface area contributed by atoms with E-state index in [1.54, 1.807) is 12.1 Å². The molecule has 1 atom stereocenters. The van der Waals surface area contributed by atoms with Crippen molar-refractivity contribution in [2.75, 3.05) is 5.32 Å². The summed E-state index contributed by atoms with van der Waals surface area (Å²) < 4.78 is 1.91. The maximum atomic E-state index is 11.3. The lowest BCUT2D eigenvalue weighted by molar-refractivity contribution is -0.384. The molecule has 2 aromatic rings. The van der Waals surface area contributed by atoms with E-state index in [0.717, 1.165) is 45.9 Å². The second-order valence-corrected chi connectivity index (χ2v) is 9.74. The van der Waals surface area contributed by atoms with E-state index in [1.807, 2.05) is 6.07 Å². The zero-order valence-corrected chi connectivity index (χ0v) is 19.4. The number of rotatable bonds is 3. The van der Waals surface area contributed by atoms with Crippen LogP contribution in [-0.2, 0) is 6.54 Å². The molecule has 29 heavy (non-hydrogen) atoms. The first kappa shape index (κ1) is 21.1. The van der Waals surface area contributed by atoms with Crippen molar-refractivity contribution < 1.29 is 10.0 Å². The van der Waals surface area contributed by atoms with Crippen molar-refractivity contribution in [3.8, 4) is 0 Å². The van der Waals surface area contributed by atoms with E-state index in [2.05, 4.69) is 48.1 Å². The fourth-order valence-corrected chi connectivity index (χ4v) is 5.91. The Kier molecular flexibility index (Phi) is 6.18. The predicted molar refractivity (Wildman–Crippen MR) is 120 cm³/mol. The molecule has 2 N–H and O–H groups in total. The molecule has 154 valence electrons. The van der Waals surface area contributed by atoms with E-state index in [4.69, 9.17) is 11.6 Å². The van der Waals surface area contributed by atoms with Gasteiger partial charge < -0.3 is 10.4 Å². The second-order valence-electron chi connectivity index (χ2n) is 7.57. The van der Waals surface area contributed by atoms with Crippen molar-refractivity contribution in [3.05, 3.63) is 65.5 Å².